The summed E-state index contributed by atoms with van der Waals surface area (Å²) in [7, 11) is 2.08. The fourth-order valence-corrected chi connectivity index (χ4v) is 5.54. The van der Waals surface area contributed by atoms with E-state index in [9.17, 15) is 14.7 Å². The van der Waals surface area contributed by atoms with Crippen LogP contribution in [0.5, 0.6) is 0 Å². The third-order valence-electron chi connectivity index (χ3n) is 7.34. The molecule has 3 rings (SSSR count). The maximum absolute atomic E-state index is 13.2. The lowest BCUT2D eigenvalue weighted by Gasteiger charge is -2.38. The Morgan fingerprint density at radius 2 is 1.77 bits per heavy atom. The zero-order valence-electron chi connectivity index (χ0n) is 19.4. The van der Waals surface area contributed by atoms with Crippen molar-refractivity contribution in [3.63, 3.8) is 0 Å². The quantitative estimate of drug-likeness (QED) is 0.729. The molecule has 7 nitrogen and oxygen atoms in total. The molecule has 1 aliphatic carbocycles. The van der Waals surface area contributed by atoms with Crippen molar-refractivity contribution in [2.45, 2.75) is 96.4 Å². The summed E-state index contributed by atoms with van der Waals surface area (Å²) in [6.07, 6.45) is 5.28. The number of fused-ring (bicyclic) bond motifs is 1. The van der Waals surface area contributed by atoms with Crippen molar-refractivity contribution in [3.05, 3.63) is 0 Å². The highest BCUT2D eigenvalue weighted by molar-refractivity contribution is 5.79. The first kappa shape index (κ1) is 23.3. The van der Waals surface area contributed by atoms with Gasteiger partial charge in [0, 0.05) is 23.9 Å². The molecule has 0 aromatic carbocycles. The molecular formula is C23H41N3O4. The van der Waals surface area contributed by atoms with Gasteiger partial charge in [0.25, 0.3) is 0 Å². The molecule has 0 unspecified atom stereocenters. The van der Waals surface area contributed by atoms with E-state index in [2.05, 4.69) is 24.2 Å². The Hall–Kier alpha value is -1.34. The number of aliphatic hydroxyl groups excluding tert-OH is 1. The molecule has 0 aromatic rings. The van der Waals surface area contributed by atoms with Gasteiger partial charge in [-0.05, 0) is 73.0 Å². The number of aliphatic hydroxyl groups is 1. The van der Waals surface area contributed by atoms with Crippen molar-refractivity contribution < 1.29 is 19.4 Å². The monoisotopic (exact) mass is 423 g/mol. The zero-order chi connectivity index (χ0) is 22.1. The lowest BCUT2D eigenvalue weighted by Crippen LogP contribution is -2.51. The second kappa shape index (κ2) is 9.03. The van der Waals surface area contributed by atoms with Gasteiger partial charge in [-0.3, -0.25) is 9.69 Å². The van der Waals surface area contributed by atoms with Gasteiger partial charge in [-0.25, -0.2) is 4.79 Å². The third kappa shape index (κ3) is 5.10. The van der Waals surface area contributed by atoms with Gasteiger partial charge in [0.2, 0.25) is 5.91 Å². The molecule has 7 heteroatoms. The number of hydrogen-bond donors (Lipinski definition) is 2. The lowest BCUT2D eigenvalue weighted by atomic mass is 9.75. The summed E-state index contributed by atoms with van der Waals surface area (Å²) in [4.78, 5) is 30.0. The van der Waals surface area contributed by atoms with Gasteiger partial charge in [0.1, 0.15) is 5.60 Å². The molecule has 4 atom stereocenters. The Balaban J connectivity index is 1.73. The van der Waals surface area contributed by atoms with Crippen molar-refractivity contribution in [2.75, 3.05) is 26.7 Å². The fraction of sp³-hybridized carbons (Fsp3) is 0.913. The molecule has 2 heterocycles. The molecule has 2 aliphatic heterocycles. The summed E-state index contributed by atoms with van der Waals surface area (Å²) in [5.74, 6) is 0.134. The van der Waals surface area contributed by atoms with Crippen molar-refractivity contribution in [1.82, 2.24) is 15.1 Å². The molecule has 3 fully saturated rings. The highest BCUT2D eigenvalue weighted by Gasteiger charge is 2.55. The predicted octanol–water partition coefficient (Wildman–Crippen LogP) is 2.76. The normalized spacial score (nSPS) is 33.7. The first-order chi connectivity index (χ1) is 14.0. The van der Waals surface area contributed by atoms with Gasteiger partial charge < -0.3 is 20.1 Å². The van der Waals surface area contributed by atoms with Crippen molar-refractivity contribution >= 4 is 12.0 Å². The number of ether oxygens (including phenoxy) is 1. The van der Waals surface area contributed by atoms with Gasteiger partial charge in [-0.15, -0.1) is 0 Å². The third-order valence-corrected chi connectivity index (χ3v) is 7.34. The number of nitrogens with one attached hydrogen (secondary N) is 1. The van der Waals surface area contributed by atoms with E-state index >= 15 is 0 Å². The van der Waals surface area contributed by atoms with E-state index in [-0.39, 0.29) is 35.4 Å². The first-order valence-corrected chi connectivity index (χ1v) is 11.7. The molecule has 172 valence electrons. The summed E-state index contributed by atoms with van der Waals surface area (Å²) in [5, 5.41) is 14.0. The second-order valence-electron chi connectivity index (χ2n) is 10.9. The smallest absolute Gasteiger partial charge is 0.410 e. The van der Waals surface area contributed by atoms with Crippen molar-refractivity contribution in [3.8, 4) is 0 Å². The molecular weight excluding hydrogens is 382 g/mol. The Morgan fingerprint density at radius 3 is 2.40 bits per heavy atom. The fourth-order valence-electron chi connectivity index (χ4n) is 5.54. The molecule has 1 saturated carbocycles. The number of nitrogens with zero attached hydrogens (tertiary/aromatic N) is 2. The predicted molar refractivity (Wildman–Crippen MR) is 116 cm³/mol. The number of amides is 2. The number of rotatable bonds is 3. The molecule has 2 saturated heterocycles. The summed E-state index contributed by atoms with van der Waals surface area (Å²) < 4.78 is 5.74. The molecule has 0 radical (unpaired) electrons. The van der Waals surface area contributed by atoms with Crippen LogP contribution in [0.4, 0.5) is 4.79 Å². The molecule has 2 amide bonds. The van der Waals surface area contributed by atoms with Crippen LogP contribution in [0.25, 0.3) is 0 Å². The number of hydrogen-bond acceptors (Lipinski definition) is 5. The van der Waals surface area contributed by atoms with Crippen LogP contribution in [0, 0.1) is 11.3 Å². The first-order valence-electron chi connectivity index (χ1n) is 11.7. The minimum atomic E-state index is -0.582. The highest BCUT2D eigenvalue weighted by atomic mass is 16.6. The lowest BCUT2D eigenvalue weighted by molar-refractivity contribution is -0.126. The van der Waals surface area contributed by atoms with E-state index in [1.165, 1.54) is 0 Å². The zero-order valence-corrected chi connectivity index (χ0v) is 19.4. The van der Waals surface area contributed by atoms with Crippen LogP contribution in [0.15, 0.2) is 0 Å². The molecule has 0 bridgehead atoms. The molecule has 0 spiro atoms. The summed E-state index contributed by atoms with van der Waals surface area (Å²) in [6.45, 7) is 10.0. The van der Waals surface area contributed by atoms with Crippen LogP contribution in [-0.4, -0.2) is 77.4 Å². The number of carbonyl (C=O) groups is 2. The number of likely N-dealkylation sites (tertiary alicyclic amines) is 2. The minimum absolute atomic E-state index is 0.0456. The van der Waals surface area contributed by atoms with Crippen LogP contribution < -0.4 is 5.32 Å². The number of carbonyl (C=O) groups excluding carboxylic acids is 2. The van der Waals surface area contributed by atoms with E-state index < -0.39 is 11.7 Å². The molecule has 3 aliphatic rings. The maximum atomic E-state index is 13.2. The van der Waals surface area contributed by atoms with Crippen molar-refractivity contribution in [2.24, 2.45) is 11.3 Å². The summed E-state index contributed by atoms with van der Waals surface area (Å²) >= 11 is 0. The van der Waals surface area contributed by atoms with E-state index in [4.69, 9.17) is 4.74 Å². The Morgan fingerprint density at radius 1 is 1.13 bits per heavy atom. The molecule has 30 heavy (non-hydrogen) atoms. The van der Waals surface area contributed by atoms with Crippen LogP contribution in [0.2, 0.25) is 0 Å². The van der Waals surface area contributed by atoms with Gasteiger partial charge in [-0.2, -0.15) is 0 Å². The van der Waals surface area contributed by atoms with Crippen LogP contribution in [-0.2, 0) is 9.53 Å². The van der Waals surface area contributed by atoms with Gasteiger partial charge >= 0.3 is 6.09 Å². The average Bonchev–Trinajstić information content (AvgIpc) is 2.87. The van der Waals surface area contributed by atoms with E-state index in [0.29, 0.717) is 13.0 Å². The Bertz CT molecular complexity index is 626. The largest absolute Gasteiger partial charge is 0.444 e. The number of piperidine rings is 1. The summed E-state index contributed by atoms with van der Waals surface area (Å²) in [6, 6.07) is -0.215. The standard InChI is InChI=1S/C23H41N3O4/c1-22(2,3)30-21(29)26-17(14-23(4)18(26)8-6-7-9-19(23)27)15-24-20(28)16-10-12-25(5)13-11-16/h16-19,27H,6-15H2,1-5H3,(H,24,28)/t17-,18-,19+,23-/m1/s1. The van der Waals surface area contributed by atoms with Gasteiger partial charge in [0.05, 0.1) is 12.1 Å². The Labute approximate surface area is 181 Å². The van der Waals surface area contributed by atoms with Crippen LogP contribution in [0.1, 0.15) is 72.6 Å². The SMILES string of the molecule is CN1CCC(C(=O)NC[C@H]2C[C@@]3(C)[C@@H](O)CCCC[C@H]3N2C(=O)OC(C)(C)C)CC1. The van der Waals surface area contributed by atoms with Gasteiger partial charge in [0.15, 0.2) is 0 Å². The van der Waals surface area contributed by atoms with E-state index in [0.717, 1.165) is 51.6 Å². The Kier molecular flexibility index (Phi) is 7.02. The minimum Gasteiger partial charge on any atom is -0.444 e. The van der Waals surface area contributed by atoms with Crippen molar-refractivity contribution in [1.29, 1.82) is 0 Å². The van der Waals surface area contributed by atoms with E-state index in [1.807, 2.05) is 25.7 Å². The highest BCUT2D eigenvalue weighted by Crippen LogP contribution is 2.48. The second-order valence-corrected chi connectivity index (χ2v) is 10.9. The topological polar surface area (TPSA) is 82.1 Å². The molecule has 0 aromatic heterocycles. The summed E-state index contributed by atoms with van der Waals surface area (Å²) in [5.41, 5.74) is -0.947. The maximum Gasteiger partial charge on any atom is 0.410 e. The van der Waals surface area contributed by atoms with Crippen LogP contribution in [0.3, 0.4) is 0 Å². The average molecular weight is 424 g/mol. The molecule has 2 N–H and O–H groups in total. The van der Waals surface area contributed by atoms with Gasteiger partial charge in [-0.1, -0.05) is 19.8 Å². The van der Waals surface area contributed by atoms with Crippen LogP contribution >= 0.6 is 0 Å². The van der Waals surface area contributed by atoms with E-state index in [1.54, 1.807) is 0 Å².